The molecule has 7 rings (SSSR count). The second-order valence-electron chi connectivity index (χ2n) is 13.9. The first-order chi connectivity index (χ1) is 20.6. The number of nitrogens with zero attached hydrogens (tertiary/aromatic N) is 1. The van der Waals surface area contributed by atoms with Crippen molar-refractivity contribution in [3.63, 3.8) is 0 Å². The summed E-state index contributed by atoms with van der Waals surface area (Å²) in [4.78, 5) is 29.4. The van der Waals surface area contributed by atoms with Gasteiger partial charge in [-0.15, -0.1) is 0 Å². The minimum Gasteiger partial charge on any atom is -0.404 e. The van der Waals surface area contributed by atoms with Crippen molar-refractivity contribution in [2.45, 2.75) is 95.8 Å². The molecule has 2 amide bonds. The lowest BCUT2D eigenvalue weighted by Crippen LogP contribution is -2.65. The number of benzene rings is 2. The highest BCUT2D eigenvalue weighted by molar-refractivity contribution is 9.10. The van der Waals surface area contributed by atoms with Gasteiger partial charge in [0.2, 0.25) is 5.91 Å². The highest BCUT2D eigenvalue weighted by atomic mass is 79.9. The fourth-order valence-corrected chi connectivity index (χ4v) is 8.68. The van der Waals surface area contributed by atoms with Gasteiger partial charge in [-0.1, -0.05) is 66.5 Å². The van der Waals surface area contributed by atoms with E-state index in [1.54, 1.807) is 4.90 Å². The number of carbonyl (C=O) groups is 2. The van der Waals surface area contributed by atoms with E-state index in [-0.39, 0.29) is 34.9 Å². The Morgan fingerprint density at radius 3 is 2.72 bits per heavy atom. The van der Waals surface area contributed by atoms with E-state index in [0.29, 0.717) is 36.9 Å². The van der Waals surface area contributed by atoms with Crippen molar-refractivity contribution in [1.29, 1.82) is 0 Å². The van der Waals surface area contributed by atoms with E-state index in [2.05, 4.69) is 48.1 Å². The molecule has 0 spiro atoms. The molecular formula is C34H45BBrN3O4. The normalized spacial score (nSPS) is 29.6. The maximum atomic E-state index is 13.9. The Kier molecular flexibility index (Phi) is 8.82. The summed E-state index contributed by atoms with van der Waals surface area (Å²) in [6.07, 6.45) is 6.89. The molecule has 9 heteroatoms. The minimum absolute atomic E-state index is 0.0523. The number of hydrogen-bond acceptors (Lipinski definition) is 5. The van der Waals surface area contributed by atoms with Crippen molar-refractivity contribution in [1.82, 2.24) is 10.2 Å². The smallest absolute Gasteiger partial charge is 0.404 e. The van der Waals surface area contributed by atoms with Crippen LogP contribution in [0.25, 0.3) is 0 Å². The first kappa shape index (κ1) is 30.8. The van der Waals surface area contributed by atoms with Gasteiger partial charge in [-0.25, -0.2) is 0 Å². The Hall–Kier alpha value is -2.20. The Bertz CT molecular complexity index is 1360. The molecule has 3 N–H and O–H groups in total. The molecule has 2 bridgehead atoms. The molecule has 2 heterocycles. The lowest BCUT2D eigenvalue weighted by Gasteiger charge is -2.64. The summed E-state index contributed by atoms with van der Waals surface area (Å²) in [5, 5.41) is 3.29. The molecule has 2 aromatic rings. The lowest BCUT2D eigenvalue weighted by molar-refractivity contribution is -0.199. The zero-order valence-electron chi connectivity index (χ0n) is 25.7. The van der Waals surface area contributed by atoms with Crippen molar-refractivity contribution in [2.24, 2.45) is 23.0 Å². The number of amides is 2. The standard InChI is InChI=1S/C34H45BBrN3O4/c1-33(2)25-20-28(33)34(3)29(21-25)42-35(43-34)30(15-6-7-16-37)38-31(40)27-14-9-17-39(27)32(41)24-12-8-10-22(19-24)18-23-11-4-5-13-26(23)36/h4-5,8,10-13,19,25,27-30H,6-7,9,14-18,20-21,37H2,1-3H3,(H,38,40)/t25-,27-,28-,29+,30-,34-/m0/s1. The second kappa shape index (κ2) is 12.3. The summed E-state index contributed by atoms with van der Waals surface area (Å²) >= 11 is 3.63. The van der Waals surface area contributed by atoms with E-state index in [1.807, 2.05) is 42.5 Å². The van der Waals surface area contributed by atoms with Crippen molar-refractivity contribution in [3.8, 4) is 0 Å². The first-order valence-electron chi connectivity index (χ1n) is 16.1. The van der Waals surface area contributed by atoms with Crippen LogP contribution in [-0.4, -0.2) is 60.6 Å². The third-order valence-corrected chi connectivity index (χ3v) is 11.7. The fraction of sp³-hybridized carbons (Fsp3) is 0.588. The Morgan fingerprint density at radius 1 is 1.14 bits per heavy atom. The van der Waals surface area contributed by atoms with Crippen LogP contribution in [-0.2, 0) is 20.5 Å². The Labute approximate surface area is 264 Å². The van der Waals surface area contributed by atoms with Gasteiger partial charge in [0.25, 0.3) is 5.91 Å². The third kappa shape index (κ3) is 5.83. The van der Waals surface area contributed by atoms with Gasteiger partial charge in [0.15, 0.2) is 0 Å². The van der Waals surface area contributed by atoms with Gasteiger partial charge >= 0.3 is 7.12 Å². The monoisotopic (exact) mass is 649 g/mol. The Morgan fingerprint density at radius 2 is 1.95 bits per heavy atom. The van der Waals surface area contributed by atoms with Crippen molar-refractivity contribution >= 4 is 34.9 Å². The molecule has 0 unspecified atom stereocenters. The number of nitrogens with two attached hydrogens (primary N) is 1. The number of unbranched alkanes of at least 4 members (excludes halogenated alkanes) is 1. The Balaban J connectivity index is 1.14. The molecule has 0 radical (unpaired) electrons. The molecule has 3 saturated carbocycles. The molecule has 2 aliphatic heterocycles. The molecule has 2 saturated heterocycles. The summed E-state index contributed by atoms with van der Waals surface area (Å²) in [5.41, 5.74) is 8.56. The molecule has 7 nitrogen and oxygen atoms in total. The number of nitrogens with one attached hydrogen (secondary N) is 1. The predicted molar refractivity (Wildman–Crippen MR) is 172 cm³/mol. The van der Waals surface area contributed by atoms with Crippen molar-refractivity contribution in [3.05, 3.63) is 69.7 Å². The van der Waals surface area contributed by atoms with Crippen molar-refractivity contribution in [2.75, 3.05) is 13.1 Å². The quantitative estimate of drug-likeness (QED) is 0.261. The fourth-order valence-electron chi connectivity index (χ4n) is 8.26. The molecule has 6 atom stereocenters. The summed E-state index contributed by atoms with van der Waals surface area (Å²) in [6, 6.07) is 15.4. The molecule has 2 aromatic carbocycles. The largest absolute Gasteiger partial charge is 0.481 e. The van der Waals surface area contributed by atoms with E-state index in [9.17, 15) is 9.59 Å². The van der Waals surface area contributed by atoms with Crippen LogP contribution in [0, 0.1) is 17.3 Å². The van der Waals surface area contributed by atoms with Crippen LogP contribution in [0.1, 0.15) is 87.2 Å². The SMILES string of the molecule is CC1(C)[C@@H]2C[C@H]3OB([C@H](CCCCN)NC(=O)[C@@H]4CCCN4C(=O)c4cccc(Cc5ccccc5Br)c4)O[C@@]3(C)[C@H]1C2. The highest BCUT2D eigenvalue weighted by Crippen LogP contribution is 2.65. The van der Waals surface area contributed by atoms with E-state index in [4.69, 9.17) is 15.0 Å². The maximum Gasteiger partial charge on any atom is 0.481 e. The van der Waals surface area contributed by atoms with E-state index in [0.717, 1.165) is 54.1 Å². The molecule has 5 fully saturated rings. The first-order valence-corrected chi connectivity index (χ1v) is 16.9. The molecule has 43 heavy (non-hydrogen) atoms. The maximum absolute atomic E-state index is 13.9. The van der Waals surface area contributed by atoms with Crippen LogP contribution in [0.2, 0.25) is 0 Å². The van der Waals surface area contributed by atoms with Crippen LogP contribution < -0.4 is 11.1 Å². The number of likely N-dealkylation sites (tertiary alicyclic amines) is 1. The molecule has 0 aromatic heterocycles. The summed E-state index contributed by atoms with van der Waals surface area (Å²) in [6.45, 7) is 8.09. The number of hydrogen-bond donors (Lipinski definition) is 2. The van der Waals surface area contributed by atoms with Crippen LogP contribution in [0.5, 0.6) is 0 Å². The second-order valence-corrected chi connectivity index (χ2v) is 14.7. The van der Waals surface area contributed by atoms with E-state index < -0.39 is 13.2 Å². The van der Waals surface area contributed by atoms with Gasteiger partial charge in [-0.2, -0.15) is 0 Å². The third-order valence-electron chi connectivity index (χ3n) is 10.9. The lowest BCUT2D eigenvalue weighted by atomic mass is 9.43. The molecular weight excluding hydrogens is 605 g/mol. The summed E-state index contributed by atoms with van der Waals surface area (Å²) in [5.74, 6) is 0.613. The molecule has 5 aliphatic rings. The molecule has 230 valence electrons. The topological polar surface area (TPSA) is 93.9 Å². The minimum atomic E-state index is -0.512. The summed E-state index contributed by atoms with van der Waals surface area (Å²) < 4.78 is 14.4. The van der Waals surface area contributed by atoms with E-state index in [1.165, 1.54) is 6.42 Å². The van der Waals surface area contributed by atoms with Crippen LogP contribution in [0.4, 0.5) is 0 Å². The van der Waals surface area contributed by atoms with Gasteiger partial charge in [0, 0.05) is 16.6 Å². The zero-order chi connectivity index (χ0) is 30.4. The van der Waals surface area contributed by atoms with Gasteiger partial charge in [-0.05, 0) is 105 Å². The van der Waals surface area contributed by atoms with Crippen molar-refractivity contribution < 1.29 is 18.9 Å². The van der Waals surface area contributed by atoms with Crippen LogP contribution in [0.3, 0.4) is 0 Å². The van der Waals surface area contributed by atoms with Crippen LogP contribution >= 0.6 is 15.9 Å². The average Bonchev–Trinajstić information content (AvgIpc) is 3.62. The zero-order valence-corrected chi connectivity index (χ0v) is 27.3. The van der Waals surface area contributed by atoms with Gasteiger partial charge < -0.3 is 25.3 Å². The van der Waals surface area contributed by atoms with Gasteiger partial charge in [0.1, 0.15) is 6.04 Å². The number of carbonyl (C=O) groups excluding carboxylic acids is 2. The van der Waals surface area contributed by atoms with Gasteiger partial charge in [0.05, 0.1) is 17.6 Å². The average molecular weight is 650 g/mol. The highest BCUT2D eigenvalue weighted by Gasteiger charge is 2.68. The van der Waals surface area contributed by atoms with Crippen LogP contribution in [0.15, 0.2) is 53.0 Å². The predicted octanol–water partition coefficient (Wildman–Crippen LogP) is 5.53. The number of halogens is 1. The summed E-state index contributed by atoms with van der Waals surface area (Å²) in [7, 11) is -0.494. The van der Waals surface area contributed by atoms with E-state index >= 15 is 0 Å². The molecule has 3 aliphatic carbocycles. The number of rotatable bonds is 10. The van der Waals surface area contributed by atoms with Gasteiger partial charge in [-0.3, -0.25) is 9.59 Å².